The number of hydrogen-bond acceptors (Lipinski definition) is 4. The van der Waals surface area contributed by atoms with Gasteiger partial charge in [0.1, 0.15) is 4.88 Å². The number of carbonyl (C=O) groups is 1. The van der Waals surface area contributed by atoms with Crippen LogP contribution in [0.2, 0.25) is 0 Å². The Bertz CT molecular complexity index is 578. The molecule has 1 heterocycles. The fraction of sp³-hybridized carbons (Fsp3) is 0.267. The number of thiophene rings is 1. The molecule has 0 aliphatic heterocycles. The summed E-state index contributed by atoms with van der Waals surface area (Å²) in [4.78, 5) is 14.0. The Labute approximate surface area is 123 Å². The quantitative estimate of drug-likeness (QED) is 0.889. The Morgan fingerprint density at radius 3 is 2.65 bits per heavy atom. The fourth-order valence-corrected chi connectivity index (χ4v) is 2.86. The van der Waals surface area contributed by atoms with Crippen molar-refractivity contribution < 1.29 is 4.79 Å². The van der Waals surface area contributed by atoms with Gasteiger partial charge in [0, 0.05) is 20.6 Å². The van der Waals surface area contributed by atoms with Gasteiger partial charge in [0.05, 0.1) is 10.7 Å². The van der Waals surface area contributed by atoms with Crippen molar-refractivity contribution >= 4 is 27.9 Å². The average molecular weight is 289 g/mol. The van der Waals surface area contributed by atoms with E-state index in [2.05, 4.69) is 17.4 Å². The van der Waals surface area contributed by atoms with E-state index in [0.717, 1.165) is 18.0 Å². The van der Waals surface area contributed by atoms with Crippen LogP contribution < -0.4 is 11.1 Å². The van der Waals surface area contributed by atoms with Crippen LogP contribution in [0.15, 0.2) is 36.4 Å². The van der Waals surface area contributed by atoms with Gasteiger partial charge >= 0.3 is 0 Å². The zero-order valence-corrected chi connectivity index (χ0v) is 12.5. The van der Waals surface area contributed by atoms with Crippen molar-refractivity contribution in [1.29, 1.82) is 0 Å². The SMILES string of the molecule is CN(C)C(=O)c1sc(NCCc2ccccc2)cc1N. The number of rotatable bonds is 5. The number of amides is 1. The molecule has 20 heavy (non-hydrogen) atoms. The number of nitrogen functional groups attached to an aromatic ring is 1. The molecule has 1 aromatic heterocycles. The molecule has 2 rings (SSSR count). The topological polar surface area (TPSA) is 58.4 Å². The Hall–Kier alpha value is -2.01. The molecule has 5 heteroatoms. The Balaban J connectivity index is 1.94. The van der Waals surface area contributed by atoms with Crippen LogP contribution >= 0.6 is 11.3 Å². The first-order valence-corrected chi connectivity index (χ1v) is 7.28. The molecule has 0 spiro atoms. The van der Waals surface area contributed by atoms with Crippen molar-refractivity contribution in [2.45, 2.75) is 6.42 Å². The van der Waals surface area contributed by atoms with E-state index in [4.69, 9.17) is 5.73 Å². The molecule has 0 fully saturated rings. The minimum atomic E-state index is -0.0522. The van der Waals surface area contributed by atoms with Gasteiger partial charge in [-0.2, -0.15) is 0 Å². The number of anilines is 2. The number of nitrogens with one attached hydrogen (secondary N) is 1. The van der Waals surface area contributed by atoms with E-state index in [1.807, 2.05) is 24.3 Å². The van der Waals surface area contributed by atoms with Crippen LogP contribution in [-0.2, 0) is 6.42 Å². The van der Waals surface area contributed by atoms with Crippen LogP contribution in [-0.4, -0.2) is 31.4 Å². The van der Waals surface area contributed by atoms with E-state index in [0.29, 0.717) is 10.6 Å². The molecule has 0 bridgehead atoms. The van der Waals surface area contributed by atoms with Gasteiger partial charge in [-0.25, -0.2) is 0 Å². The van der Waals surface area contributed by atoms with Gasteiger partial charge in [-0.15, -0.1) is 11.3 Å². The third-order valence-electron chi connectivity index (χ3n) is 2.92. The van der Waals surface area contributed by atoms with Crippen molar-refractivity contribution in [3.05, 3.63) is 46.8 Å². The predicted molar refractivity (Wildman–Crippen MR) is 85.4 cm³/mol. The Morgan fingerprint density at radius 2 is 2.00 bits per heavy atom. The van der Waals surface area contributed by atoms with E-state index in [1.165, 1.54) is 21.8 Å². The van der Waals surface area contributed by atoms with E-state index in [-0.39, 0.29) is 5.91 Å². The fourth-order valence-electron chi connectivity index (χ4n) is 1.84. The molecule has 0 unspecified atom stereocenters. The molecular formula is C15H19N3OS. The van der Waals surface area contributed by atoms with Crippen molar-refractivity contribution in [1.82, 2.24) is 4.90 Å². The van der Waals surface area contributed by atoms with Gasteiger partial charge < -0.3 is 16.0 Å². The van der Waals surface area contributed by atoms with Crippen molar-refractivity contribution in [3.8, 4) is 0 Å². The van der Waals surface area contributed by atoms with E-state index in [1.54, 1.807) is 14.1 Å². The lowest BCUT2D eigenvalue weighted by Gasteiger charge is -2.08. The summed E-state index contributed by atoms with van der Waals surface area (Å²) in [5.74, 6) is -0.0522. The molecule has 0 atom stereocenters. The molecule has 0 saturated heterocycles. The summed E-state index contributed by atoms with van der Waals surface area (Å²) in [7, 11) is 3.45. The van der Waals surface area contributed by atoms with Crippen LogP contribution in [0.25, 0.3) is 0 Å². The third kappa shape index (κ3) is 3.51. The van der Waals surface area contributed by atoms with Gasteiger partial charge in [-0.1, -0.05) is 30.3 Å². The van der Waals surface area contributed by atoms with Gasteiger partial charge in [-0.05, 0) is 18.1 Å². The van der Waals surface area contributed by atoms with Gasteiger partial charge in [-0.3, -0.25) is 4.79 Å². The molecule has 1 aromatic carbocycles. The summed E-state index contributed by atoms with van der Waals surface area (Å²) in [5, 5.41) is 4.25. The standard InChI is InChI=1S/C15H19N3OS/c1-18(2)15(19)14-12(16)10-13(20-14)17-9-8-11-6-4-3-5-7-11/h3-7,10,17H,8-9,16H2,1-2H3. The molecule has 0 aliphatic rings. The first-order valence-electron chi connectivity index (χ1n) is 6.46. The second kappa shape index (κ2) is 6.43. The summed E-state index contributed by atoms with van der Waals surface area (Å²) in [6, 6.07) is 12.1. The Kier molecular flexibility index (Phi) is 4.63. The third-order valence-corrected chi connectivity index (χ3v) is 4.01. The average Bonchev–Trinajstić information content (AvgIpc) is 2.80. The molecule has 0 radical (unpaired) electrons. The summed E-state index contributed by atoms with van der Waals surface area (Å²) in [6.45, 7) is 0.819. The molecular weight excluding hydrogens is 270 g/mol. The van der Waals surface area contributed by atoms with E-state index >= 15 is 0 Å². The highest BCUT2D eigenvalue weighted by atomic mass is 32.1. The van der Waals surface area contributed by atoms with Crippen LogP contribution in [0.1, 0.15) is 15.2 Å². The van der Waals surface area contributed by atoms with Crippen LogP contribution in [0.4, 0.5) is 10.7 Å². The lowest BCUT2D eigenvalue weighted by atomic mass is 10.1. The normalized spacial score (nSPS) is 10.3. The zero-order chi connectivity index (χ0) is 14.5. The van der Waals surface area contributed by atoms with E-state index in [9.17, 15) is 4.79 Å². The highest BCUT2D eigenvalue weighted by Gasteiger charge is 2.15. The Morgan fingerprint density at radius 1 is 1.30 bits per heavy atom. The molecule has 4 nitrogen and oxygen atoms in total. The van der Waals surface area contributed by atoms with Crippen molar-refractivity contribution in [3.63, 3.8) is 0 Å². The second-order valence-corrected chi connectivity index (χ2v) is 5.81. The largest absolute Gasteiger partial charge is 0.397 e. The highest BCUT2D eigenvalue weighted by Crippen LogP contribution is 2.29. The van der Waals surface area contributed by atoms with E-state index < -0.39 is 0 Å². The van der Waals surface area contributed by atoms with Gasteiger partial charge in [0.2, 0.25) is 0 Å². The molecule has 106 valence electrons. The molecule has 3 N–H and O–H groups in total. The van der Waals surface area contributed by atoms with Gasteiger partial charge in [0.15, 0.2) is 0 Å². The number of hydrogen-bond donors (Lipinski definition) is 2. The second-order valence-electron chi connectivity index (χ2n) is 4.76. The number of benzene rings is 1. The van der Waals surface area contributed by atoms with Crippen molar-refractivity contribution in [2.75, 3.05) is 31.7 Å². The minimum absolute atomic E-state index is 0.0522. The lowest BCUT2D eigenvalue weighted by molar-refractivity contribution is 0.0833. The highest BCUT2D eigenvalue weighted by molar-refractivity contribution is 7.18. The van der Waals surface area contributed by atoms with Crippen LogP contribution in [0.3, 0.4) is 0 Å². The van der Waals surface area contributed by atoms with Crippen LogP contribution in [0, 0.1) is 0 Å². The maximum atomic E-state index is 11.9. The maximum Gasteiger partial charge on any atom is 0.265 e. The summed E-state index contributed by atoms with van der Waals surface area (Å²) in [5.41, 5.74) is 7.71. The number of nitrogens with two attached hydrogens (primary N) is 1. The summed E-state index contributed by atoms with van der Waals surface area (Å²) in [6.07, 6.45) is 0.940. The van der Waals surface area contributed by atoms with Crippen molar-refractivity contribution in [2.24, 2.45) is 0 Å². The molecule has 1 amide bonds. The zero-order valence-electron chi connectivity index (χ0n) is 11.7. The first-order chi connectivity index (χ1) is 9.58. The monoisotopic (exact) mass is 289 g/mol. The lowest BCUT2D eigenvalue weighted by Crippen LogP contribution is -2.21. The van der Waals surface area contributed by atoms with Gasteiger partial charge in [0.25, 0.3) is 5.91 Å². The summed E-state index contributed by atoms with van der Waals surface area (Å²) < 4.78 is 0. The summed E-state index contributed by atoms with van der Waals surface area (Å²) >= 11 is 1.40. The first kappa shape index (κ1) is 14.4. The molecule has 0 saturated carbocycles. The molecule has 2 aromatic rings. The number of carbonyl (C=O) groups excluding carboxylic acids is 1. The minimum Gasteiger partial charge on any atom is -0.397 e. The number of nitrogens with zero attached hydrogens (tertiary/aromatic N) is 1. The maximum absolute atomic E-state index is 11.9. The van der Waals surface area contributed by atoms with Crippen LogP contribution in [0.5, 0.6) is 0 Å². The smallest absolute Gasteiger partial charge is 0.265 e. The molecule has 0 aliphatic carbocycles. The predicted octanol–water partition coefficient (Wildman–Crippen LogP) is 2.69.